The van der Waals surface area contributed by atoms with Crippen LogP contribution in [0.25, 0.3) is 0 Å². The van der Waals surface area contributed by atoms with Crippen LogP contribution in [0.15, 0.2) is 12.4 Å². The van der Waals surface area contributed by atoms with Crippen molar-refractivity contribution in [2.45, 2.75) is 44.6 Å². The van der Waals surface area contributed by atoms with E-state index in [0.717, 1.165) is 19.3 Å². The molecule has 2 atom stereocenters. The third-order valence-corrected chi connectivity index (χ3v) is 4.82. The molecule has 0 spiro atoms. The molecule has 7 nitrogen and oxygen atoms in total. The zero-order valence-electron chi connectivity index (χ0n) is 14.9. The second kappa shape index (κ2) is 7.80. The van der Waals surface area contributed by atoms with E-state index >= 15 is 0 Å². The van der Waals surface area contributed by atoms with Gasteiger partial charge in [0.25, 0.3) is 5.91 Å². The summed E-state index contributed by atoms with van der Waals surface area (Å²) in [4.78, 5) is 34.4. The quantitative estimate of drug-likeness (QED) is 0.846. The zero-order chi connectivity index (χ0) is 17.8. The van der Waals surface area contributed by atoms with E-state index in [1.165, 1.54) is 25.2 Å². The normalized spacial score (nSPS) is 23.0. The third kappa shape index (κ3) is 4.90. The van der Waals surface area contributed by atoms with Crippen molar-refractivity contribution < 1.29 is 14.3 Å². The molecule has 3 rings (SSSR count). The highest BCUT2D eigenvalue weighted by Gasteiger charge is 2.29. The molecule has 0 aromatic carbocycles. The van der Waals surface area contributed by atoms with Crippen LogP contribution in [0.1, 0.15) is 49.0 Å². The molecule has 2 aliphatic carbocycles. The van der Waals surface area contributed by atoms with Crippen LogP contribution in [0, 0.1) is 11.8 Å². The van der Waals surface area contributed by atoms with E-state index in [0.29, 0.717) is 24.8 Å². The van der Waals surface area contributed by atoms with Crippen molar-refractivity contribution in [2.24, 2.45) is 11.8 Å². The number of ether oxygens (including phenoxy) is 1. The average molecular weight is 346 g/mol. The van der Waals surface area contributed by atoms with E-state index in [1.807, 2.05) is 0 Å². The maximum absolute atomic E-state index is 12.4. The van der Waals surface area contributed by atoms with Gasteiger partial charge in [0.2, 0.25) is 11.8 Å². The number of carbonyl (C=O) groups excluding carboxylic acids is 2. The maximum Gasteiger partial charge on any atom is 0.271 e. The zero-order valence-corrected chi connectivity index (χ0v) is 14.9. The first-order valence-electron chi connectivity index (χ1n) is 9.00. The van der Waals surface area contributed by atoms with Crippen molar-refractivity contribution in [2.75, 3.05) is 20.7 Å². The number of hydrogen-bond acceptors (Lipinski definition) is 5. The Morgan fingerprint density at radius 3 is 2.64 bits per heavy atom. The number of aromatic nitrogens is 2. The van der Waals surface area contributed by atoms with Crippen molar-refractivity contribution >= 4 is 11.8 Å². The Morgan fingerprint density at radius 1 is 1.20 bits per heavy atom. The highest BCUT2D eigenvalue weighted by atomic mass is 16.5. The Bertz CT molecular complexity index is 613. The molecule has 7 heteroatoms. The Morgan fingerprint density at radius 2 is 2.00 bits per heavy atom. The van der Waals surface area contributed by atoms with Crippen molar-refractivity contribution in [3.8, 4) is 5.88 Å². The second-order valence-electron chi connectivity index (χ2n) is 7.26. The molecule has 136 valence electrons. The fourth-order valence-electron chi connectivity index (χ4n) is 3.17. The van der Waals surface area contributed by atoms with Crippen molar-refractivity contribution in [1.82, 2.24) is 20.2 Å². The molecule has 1 aromatic heterocycles. The van der Waals surface area contributed by atoms with Gasteiger partial charge in [-0.05, 0) is 38.0 Å². The van der Waals surface area contributed by atoms with Gasteiger partial charge < -0.3 is 15.0 Å². The van der Waals surface area contributed by atoms with Crippen LogP contribution in [0.4, 0.5) is 0 Å². The Hall–Kier alpha value is -2.18. The van der Waals surface area contributed by atoms with Gasteiger partial charge in [-0.25, -0.2) is 9.97 Å². The lowest BCUT2D eigenvalue weighted by atomic mass is 9.85. The molecule has 0 bridgehead atoms. The average Bonchev–Trinajstić information content (AvgIpc) is 3.44. The lowest BCUT2D eigenvalue weighted by Crippen LogP contribution is -2.42. The largest absolute Gasteiger partial charge is 0.476 e. The number of amides is 2. The van der Waals surface area contributed by atoms with Gasteiger partial charge in [0.1, 0.15) is 5.69 Å². The second-order valence-corrected chi connectivity index (χ2v) is 7.26. The van der Waals surface area contributed by atoms with E-state index in [-0.39, 0.29) is 29.5 Å². The smallest absolute Gasteiger partial charge is 0.271 e. The van der Waals surface area contributed by atoms with Crippen LogP contribution >= 0.6 is 0 Å². The molecule has 2 amide bonds. The first-order valence-corrected chi connectivity index (χ1v) is 9.00. The first-order chi connectivity index (χ1) is 12.0. The van der Waals surface area contributed by atoms with Crippen molar-refractivity contribution in [3.63, 3.8) is 0 Å². The standard InChI is InChI=1S/C18H26N4O3/c1-22(2)18(24)13-4-3-5-14(8-13)21-17(23)15-9-20-16(10-19-15)25-11-12-6-7-12/h9-10,12-14H,3-8,11H2,1-2H3,(H,21,23). The number of carbonyl (C=O) groups is 2. The van der Waals surface area contributed by atoms with Gasteiger partial charge in [-0.1, -0.05) is 6.42 Å². The lowest BCUT2D eigenvalue weighted by Gasteiger charge is -2.30. The monoisotopic (exact) mass is 346 g/mol. The van der Waals surface area contributed by atoms with E-state index in [1.54, 1.807) is 19.0 Å². The summed E-state index contributed by atoms with van der Waals surface area (Å²) in [6.45, 7) is 0.670. The van der Waals surface area contributed by atoms with Gasteiger partial charge in [0, 0.05) is 26.1 Å². The fraction of sp³-hybridized carbons (Fsp3) is 0.667. The molecular formula is C18H26N4O3. The molecule has 0 saturated heterocycles. The minimum Gasteiger partial charge on any atom is -0.476 e. The molecule has 2 unspecified atom stereocenters. The topological polar surface area (TPSA) is 84.4 Å². The molecule has 1 heterocycles. The van der Waals surface area contributed by atoms with E-state index in [2.05, 4.69) is 15.3 Å². The number of rotatable bonds is 6. The van der Waals surface area contributed by atoms with E-state index in [9.17, 15) is 9.59 Å². The fourth-order valence-corrected chi connectivity index (χ4v) is 3.17. The van der Waals surface area contributed by atoms with Gasteiger partial charge in [-0.15, -0.1) is 0 Å². The first kappa shape index (κ1) is 17.6. The Kier molecular flexibility index (Phi) is 5.50. The molecule has 25 heavy (non-hydrogen) atoms. The predicted molar refractivity (Wildman–Crippen MR) is 92.2 cm³/mol. The highest BCUT2D eigenvalue weighted by Crippen LogP contribution is 2.29. The summed E-state index contributed by atoms with van der Waals surface area (Å²) in [5, 5.41) is 2.99. The van der Waals surface area contributed by atoms with Gasteiger partial charge in [0.15, 0.2) is 0 Å². The van der Waals surface area contributed by atoms with E-state index in [4.69, 9.17) is 4.74 Å². The van der Waals surface area contributed by atoms with Crippen LogP contribution in [0.5, 0.6) is 5.88 Å². The van der Waals surface area contributed by atoms with Crippen LogP contribution in [0.3, 0.4) is 0 Å². The number of hydrogen-bond donors (Lipinski definition) is 1. The molecular weight excluding hydrogens is 320 g/mol. The number of nitrogens with zero attached hydrogens (tertiary/aromatic N) is 3. The summed E-state index contributed by atoms with van der Waals surface area (Å²) in [6, 6.07) is 0.00254. The van der Waals surface area contributed by atoms with Crippen molar-refractivity contribution in [1.29, 1.82) is 0 Å². The summed E-state index contributed by atoms with van der Waals surface area (Å²) in [5.41, 5.74) is 0.278. The van der Waals surface area contributed by atoms with Crippen LogP contribution in [0.2, 0.25) is 0 Å². The summed E-state index contributed by atoms with van der Waals surface area (Å²) < 4.78 is 5.53. The summed E-state index contributed by atoms with van der Waals surface area (Å²) in [5.74, 6) is 0.977. The summed E-state index contributed by atoms with van der Waals surface area (Å²) in [7, 11) is 3.54. The summed E-state index contributed by atoms with van der Waals surface area (Å²) in [6.07, 6.45) is 8.77. The predicted octanol–water partition coefficient (Wildman–Crippen LogP) is 1.64. The van der Waals surface area contributed by atoms with Crippen LogP contribution in [-0.4, -0.2) is 53.4 Å². The van der Waals surface area contributed by atoms with Gasteiger partial charge >= 0.3 is 0 Å². The van der Waals surface area contributed by atoms with E-state index < -0.39 is 0 Å². The molecule has 2 saturated carbocycles. The number of nitrogens with one attached hydrogen (secondary N) is 1. The Labute approximate surface area is 148 Å². The van der Waals surface area contributed by atoms with Crippen molar-refractivity contribution in [3.05, 3.63) is 18.1 Å². The highest BCUT2D eigenvalue weighted by molar-refractivity contribution is 5.92. The summed E-state index contributed by atoms with van der Waals surface area (Å²) >= 11 is 0. The SMILES string of the molecule is CN(C)C(=O)C1CCCC(NC(=O)c2cnc(OCC3CC3)cn2)C1. The molecule has 2 aliphatic rings. The molecule has 2 fully saturated rings. The minimum atomic E-state index is -0.246. The third-order valence-electron chi connectivity index (χ3n) is 4.82. The van der Waals surface area contributed by atoms with Crippen LogP contribution in [-0.2, 0) is 4.79 Å². The van der Waals surface area contributed by atoms with Crippen LogP contribution < -0.4 is 10.1 Å². The lowest BCUT2D eigenvalue weighted by molar-refractivity contribution is -0.134. The molecule has 1 aromatic rings. The van der Waals surface area contributed by atoms with Gasteiger partial charge in [-0.3, -0.25) is 9.59 Å². The van der Waals surface area contributed by atoms with Gasteiger partial charge in [0.05, 0.1) is 19.0 Å². The minimum absolute atomic E-state index is 0.00254. The maximum atomic E-state index is 12.4. The molecule has 1 N–H and O–H groups in total. The molecule has 0 aliphatic heterocycles. The molecule has 0 radical (unpaired) electrons. The van der Waals surface area contributed by atoms with Gasteiger partial charge in [-0.2, -0.15) is 0 Å². The Balaban J connectivity index is 1.51.